The molecular formula is C23H28N6O5S. The second kappa shape index (κ2) is 10.8. The van der Waals surface area contributed by atoms with Crippen LogP contribution in [-0.4, -0.2) is 72.9 Å². The van der Waals surface area contributed by atoms with Crippen LogP contribution in [0, 0.1) is 0 Å². The summed E-state index contributed by atoms with van der Waals surface area (Å²) in [5, 5.41) is 0. The van der Waals surface area contributed by atoms with E-state index in [0.717, 1.165) is 32.1 Å². The van der Waals surface area contributed by atoms with Gasteiger partial charge in [0.25, 0.3) is 5.88 Å². The number of aromatic nitrogens is 4. The number of methoxy groups -OCH3 is 1. The smallest absolute Gasteiger partial charge is 0.263 e. The van der Waals surface area contributed by atoms with E-state index in [2.05, 4.69) is 36.6 Å². The molecule has 1 N–H and O–H groups in total. The number of hydrogen-bond donors (Lipinski definition) is 1. The van der Waals surface area contributed by atoms with Crippen molar-refractivity contribution in [2.24, 2.45) is 0 Å². The van der Waals surface area contributed by atoms with Crippen molar-refractivity contribution in [2.45, 2.75) is 25.3 Å². The lowest BCUT2D eigenvalue weighted by Gasteiger charge is -2.32. The Morgan fingerprint density at radius 3 is 2.49 bits per heavy atom. The zero-order valence-electron chi connectivity index (χ0n) is 19.8. The maximum absolute atomic E-state index is 12.2. The fraction of sp³-hybridized carbons (Fsp3) is 0.391. The van der Waals surface area contributed by atoms with Crippen LogP contribution in [0.1, 0.15) is 19.3 Å². The Hall–Kier alpha value is -3.51. The molecule has 0 spiro atoms. The monoisotopic (exact) mass is 500 g/mol. The largest absolute Gasteiger partial charge is 0.493 e. The maximum atomic E-state index is 12.2. The number of hydrogen-bond acceptors (Lipinski definition) is 10. The number of piperidine rings is 1. The summed E-state index contributed by atoms with van der Waals surface area (Å²) in [4.78, 5) is 19.5. The first-order valence-electron chi connectivity index (χ1n) is 11.1. The third-order valence-corrected chi connectivity index (χ3v) is 6.06. The Balaban J connectivity index is 1.80. The molecule has 1 atom stereocenters. The lowest BCUT2D eigenvalue weighted by Crippen LogP contribution is -2.40. The van der Waals surface area contributed by atoms with Crippen LogP contribution in [-0.2, 0) is 10.0 Å². The van der Waals surface area contributed by atoms with Crippen LogP contribution in [0.5, 0.6) is 23.1 Å². The lowest BCUT2D eigenvalue weighted by atomic mass is 10.0. The van der Waals surface area contributed by atoms with Crippen LogP contribution >= 0.6 is 0 Å². The molecule has 1 unspecified atom stereocenters. The molecule has 3 heterocycles. The minimum atomic E-state index is -3.72. The van der Waals surface area contributed by atoms with Gasteiger partial charge in [-0.1, -0.05) is 18.6 Å². The normalized spacial score (nSPS) is 16.5. The standard InChI is InChI=1S/C23H28N6O5S/c1-29-14-7-6-9-16(29)15-33-23-19(34-18-11-5-4-10-17(18)32-2)20(28-35(3,30)31)26-22(27-23)21-24-12-8-13-25-21/h4-5,8,10-13,16H,6-7,9,14-15H2,1-3H3,(H,26,27,28). The second-order valence-corrected chi connectivity index (χ2v) is 9.92. The highest BCUT2D eigenvalue weighted by molar-refractivity contribution is 7.92. The average molecular weight is 501 g/mol. The van der Waals surface area contributed by atoms with E-state index in [1.54, 1.807) is 42.7 Å². The van der Waals surface area contributed by atoms with Crippen molar-refractivity contribution < 1.29 is 22.6 Å². The summed E-state index contributed by atoms with van der Waals surface area (Å²) < 4.78 is 44.5. The Morgan fingerprint density at radius 1 is 1.06 bits per heavy atom. The molecule has 3 aromatic rings. The van der Waals surface area contributed by atoms with Crippen molar-refractivity contribution in [1.29, 1.82) is 0 Å². The van der Waals surface area contributed by atoms with Crippen molar-refractivity contribution in [3.63, 3.8) is 0 Å². The first-order valence-corrected chi connectivity index (χ1v) is 13.0. The van der Waals surface area contributed by atoms with Gasteiger partial charge in [0.2, 0.25) is 21.6 Å². The molecule has 4 rings (SSSR count). The van der Waals surface area contributed by atoms with Crippen molar-refractivity contribution in [2.75, 3.05) is 38.3 Å². The van der Waals surface area contributed by atoms with Gasteiger partial charge >= 0.3 is 0 Å². The maximum Gasteiger partial charge on any atom is 0.263 e. The van der Waals surface area contributed by atoms with Gasteiger partial charge in [0, 0.05) is 18.4 Å². The average Bonchev–Trinajstić information content (AvgIpc) is 2.85. The number of sulfonamides is 1. The highest BCUT2D eigenvalue weighted by Crippen LogP contribution is 2.41. The number of nitrogens with zero attached hydrogens (tertiary/aromatic N) is 5. The summed E-state index contributed by atoms with van der Waals surface area (Å²) >= 11 is 0. The molecule has 11 nitrogen and oxygen atoms in total. The number of benzene rings is 1. The van der Waals surface area contributed by atoms with Gasteiger partial charge in [0.1, 0.15) is 6.61 Å². The Morgan fingerprint density at radius 2 is 1.80 bits per heavy atom. The van der Waals surface area contributed by atoms with Gasteiger partial charge in [-0.3, -0.25) is 4.72 Å². The van der Waals surface area contributed by atoms with E-state index in [1.165, 1.54) is 7.11 Å². The van der Waals surface area contributed by atoms with Crippen LogP contribution in [0.25, 0.3) is 11.6 Å². The molecule has 35 heavy (non-hydrogen) atoms. The molecule has 0 amide bonds. The third-order valence-electron chi connectivity index (χ3n) is 5.50. The molecule has 1 saturated heterocycles. The number of likely N-dealkylation sites (N-methyl/N-ethyl adjacent to an activating group) is 1. The molecule has 1 aliphatic heterocycles. The SMILES string of the molecule is COc1ccccc1Oc1c(NS(C)(=O)=O)nc(-c2ncccn2)nc1OCC1CCCCN1C. The van der Waals surface area contributed by atoms with Crippen LogP contribution in [0.4, 0.5) is 5.82 Å². The van der Waals surface area contributed by atoms with Gasteiger partial charge in [0.15, 0.2) is 23.1 Å². The van der Waals surface area contributed by atoms with Gasteiger partial charge in [-0.05, 0) is 44.6 Å². The van der Waals surface area contributed by atoms with Crippen molar-refractivity contribution >= 4 is 15.8 Å². The molecule has 1 aliphatic rings. The molecule has 0 radical (unpaired) electrons. The summed E-state index contributed by atoms with van der Waals surface area (Å²) in [6.45, 7) is 1.32. The minimum absolute atomic E-state index is 0.0121. The van der Waals surface area contributed by atoms with Gasteiger partial charge in [-0.25, -0.2) is 23.4 Å². The van der Waals surface area contributed by atoms with Gasteiger partial charge in [-0.2, -0.15) is 4.98 Å². The minimum Gasteiger partial charge on any atom is -0.493 e. The van der Waals surface area contributed by atoms with Crippen LogP contribution in [0.15, 0.2) is 42.7 Å². The van der Waals surface area contributed by atoms with Crippen molar-refractivity contribution in [3.8, 4) is 34.8 Å². The van der Waals surface area contributed by atoms with E-state index in [4.69, 9.17) is 14.2 Å². The Bertz CT molecular complexity index is 1260. The van der Waals surface area contributed by atoms with Gasteiger partial charge in [-0.15, -0.1) is 0 Å². The molecule has 0 saturated carbocycles. The molecule has 2 aromatic heterocycles. The fourth-order valence-electron chi connectivity index (χ4n) is 3.72. The summed E-state index contributed by atoms with van der Waals surface area (Å²) in [5.41, 5.74) is 0. The number of nitrogens with one attached hydrogen (secondary N) is 1. The second-order valence-electron chi connectivity index (χ2n) is 8.17. The zero-order valence-corrected chi connectivity index (χ0v) is 20.7. The van der Waals surface area contributed by atoms with E-state index in [9.17, 15) is 8.42 Å². The van der Waals surface area contributed by atoms with E-state index in [-0.39, 0.29) is 35.1 Å². The van der Waals surface area contributed by atoms with Crippen molar-refractivity contribution in [1.82, 2.24) is 24.8 Å². The molecule has 0 aliphatic carbocycles. The van der Waals surface area contributed by atoms with Crippen molar-refractivity contribution in [3.05, 3.63) is 42.7 Å². The number of para-hydroxylation sites is 2. The first kappa shape index (κ1) is 24.6. The van der Waals surface area contributed by atoms with Crippen LogP contribution in [0.2, 0.25) is 0 Å². The van der Waals surface area contributed by atoms with E-state index in [1.807, 2.05) is 0 Å². The summed E-state index contributed by atoms with van der Waals surface area (Å²) in [6, 6.07) is 8.82. The number of rotatable bonds is 9. The lowest BCUT2D eigenvalue weighted by molar-refractivity contribution is 0.121. The third kappa shape index (κ3) is 6.34. The van der Waals surface area contributed by atoms with E-state index in [0.29, 0.717) is 18.1 Å². The highest BCUT2D eigenvalue weighted by Gasteiger charge is 2.26. The van der Waals surface area contributed by atoms with E-state index >= 15 is 0 Å². The molecule has 186 valence electrons. The molecule has 1 aromatic carbocycles. The topological polar surface area (TPSA) is 129 Å². The van der Waals surface area contributed by atoms with E-state index < -0.39 is 10.0 Å². The number of likely N-dealkylation sites (tertiary alicyclic amines) is 1. The van der Waals surface area contributed by atoms with Crippen LogP contribution in [0.3, 0.4) is 0 Å². The van der Waals surface area contributed by atoms with Crippen LogP contribution < -0.4 is 18.9 Å². The summed E-state index contributed by atoms with van der Waals surface area (Å²) in [7, 11) is -0.154. The summed E-state index contributed by atoms with van der Waals surface area (Å²) in [5.74, 6) is 1.09. The highest BCUT2D eigenvalue weighted by atomic mass is 32.2. The molecule has 0 bridgehead atoms. The predicted octanol–water partition coefficient (Wildman–Crippen LogP) is 2.97. The molecule has 12 heteroatoms. The first-order chi connectivity index (χ1) is 16.8. The molecule has 1 fully saturated rings. The quantitative estimate of drug-likeness (QED) is 0.468. The zero-order chi connectivity index (χ0) is 24.8. The Labute approximate surface area is 204 Å². The summed E-state index contributed by atoms with van der Waals surface area (Å²) in [6.07, 6.45) is 7.35. The number of anilines is 1. The van der Waals surface area contributed by atoms with Gasteiger partial charge in [0.05, 0.1) is 13.4 Å². The van der Waals surface area contributed by atoms with Gasteiger partial charge < -0.3 is 19.1 Å². The fourth-order valence-corrected chi connectivity index (χ4v) is 4.21. The number of ether oxygens (including phenoxy) is 3. The molecular weight excluding hydrogens is 472 g/mol. The Kier molecular flexibility index (Phi) is 7.61. The predicted molar refractivity (Wildman–Crippen MR) is 130 cm³/mol.